The second kappa shape index (κ2) is 9.64. The van der Waals surface area contributed by atoms with Crippen molar-refractivity contribution in [1.29, 1.82) is 0 Å². The van der Waals surface area contributed by atoms with Crippen LogP contribution in [0.3, 0.4) is 0 Å². The number of carbonyl (C=O) groups is 2. The van der Waals surface area contributed by atoms with Crippen LogP contribution >= 0.6 is 0 Å². The fraction of sp³-hybridized carbons (Fsp3) is 0.238. The number of aryl methyl sites for hydroxylation is 1. The van der Waals surface area contributed by atoms with Crippen molar-refractivity contribution < 1.29 is 18.9 Å². The number of amides is 2. The van der Waals surface area contributed by atoms with Crippen molar-refractivity contribution in [2.45, 2.75) is 6.92 Å². The van der Waals surface area contributed by atoms with E-state index in [2.05, 4.69) is 10.6 Å². The third-order valence-electron chi connectivity index (χ3n) is 3.90. The van der Waals surface area contributed by atoms with Crippen LogP contribution < -0.4 is 15.5 Å². The fourth-order valence-electron chi connectivity index (χ4n) is 2.30. The molecule has 0 saturated carbocycles. The molecule has 5 nitrogen and oxygen atoms in total. The zero-order valence-electron chi connectivity index (χ0n) is 15.8. The molecule has 0 saturated heterocycles. The molecule has 0 bridgehead atoms. The fourth-order valence-corrected chi connectivity index (χ4v) is 2.30. The van der Waals surface area contributed by atoms with Gasteiger partial charge in [-0.15, -0.1) is 0 Å². The average molecular weight is 370 g/mol. The predicted molar refractivity (Wildman–Crippen MR) is 104 cm³/mol. The minimum absolute atomic E-state index is 0.112. The van der Waals surface area contributed by atoms with E-state index in [0.717, 1.165) is 12.1 Å². The van der Waals surface area contributed by atoms with Crippen LogP contribution in [0.15, 0.2) is 54.2 Å². The number of hydrogen-bond acceptors (Lipinski definition) is 2. The van der Waals surface area contributed by atoms with E-state index in [1.54, 1.807) is 24.3 Å². The van der Waals surface area contributed by atoms with E-state index < -0.39 is 0 Å². The number of rotatable bonds is 7. The van der Waals surface area contributed by atoms with Gasteiger partial charge in [0.15, 0.2) is 0 Å². The van der Waals surface area contributed by atoms with Crippen molar-refractivity contribution in [3.8, 4) is 0 Å². The van der Waals surface area contributed by atoms with Crippen molar-refractivity contribution in [2.24, 2.45) is 0 Å². The number of benzene rings is 2. The third kappa shape index (κ3) is 6.67. The smallest absolute Gasteiger partial charge is 0.268 e. The highest BCUT2D eigenvalue weighted by Crippen LogP contribution is 2.09. The van der Waals surface area contributed by atoms with Gasteiger partial charge in [-0.2, -0.15) is 0 Å². The van der Waals surface area contributed by atoms with Crippen LogP contribution in [0.1, 0.15) is 21.5 Å². The summed E-state index contributed by atoms with van der Waals surface area (Å²) in [5, 5.41) is 5.46. The molecule has 0 aliphatic carbocycles. The Morgan fingerprint density at radius 1 is 1.04 bits per heavy atom. The second-order valence-corrected chi connectivity index (χ2v) is 6.64. The van der Waals surface area contributed by atoms with Crippen molar-refractivity contribution >= 4 is 17.9 Å². The van der Waals surface area contributed by atoms with Gasteiger partial charge < -0.3 is 15.5 Å². The summed E-state index contributed by atoms with van der Waals surface area (Å²) in [5.74, 6) is -1.13. The van der Waals surface area contributed by atoms with Crippen molar-refractivity contribution in [2.75, 3.05) is 27.2 Å². The molecule has 6 heteroatoms. The molecule has 0 radical (unpaired) electrons. The third-order valence-corrected chi connectivity index (χ3v) is 3.90. The summed E-state index contributed by atoms with van der Waals surface area (Å²) in [4.78, 5) is 26.2. The van der Waals surface area contributed by atoms with E-state index in [1.807, 2.05) is 33.2 Å². The Morgan fingerprint density at radius 2 is 1.67 bits per heavy atom. The number of quaternary nitrogens is 1. The molecule has 0 atom stereocenters. The summed E-state index contributed by atoms with van der Waals surface area (Å²) >= 11 is 0. The summed E-state index contributed by atoms with van der Waals surface area (Å²) in [6.07, 6.45) is 1.53. The lowest BCUT2D eigenvalue weighted by molar-refractivity contribution is -0.856. The number of halogens is 1. The summed E-state index contributed by atoms with van der Waals surface area (Å²) in [5.41, 5.74) is 2.22. The van der Waals surface area contributed by atoms with E-state index >= 15 is 0 Å². The minimum Gasteiger partial charge on any atom is -0.345 e. The van der Waals surface area contributed by atoms with Crippen LogP contribution in [0.4, 0.5) is 4.39 Å². The molecule has 0 aliphatic heterocycles. The Morgan fingerprint density at radius 3 is 2.26 bits per heavy atom. The molecular formula is C21H25FN3O2+. The van der Waals surface area contributed by atoms with Gasteiger partial charge >= 0.3 is 0 Å². The maximum Gasteiger partial charge on any atom is 0.268 e. The van der Waals surface area contributed by atoms with Gasteiger partial charge in [-0.25, -0.2) is 4.39 Å². The van der Waals surface area contributed by atoms with E-state index in [1.165, 1.54) is 23.1 Å². The molecule has 142 valence electrons. The lowest BCUT2D eigenvalue weighted by Crippen LogP contribution is -3.06. The van der Waals surface area contributed by atoms with Gasteiger partial charge in [0.2, 0.25) is 0 Å². The molecule has 0 unspecified atom stereocenters. The molecule has 0 heterocycles. The molecule has 2 aromatic carbocycles. The molecule has 0 aliphatic rings. The molecule has 2 rings (SSSR count). The number of hydrogen-bond donors (Lipinski definition) is 3. The van der Waals surface area contributed by atoms with Gasteiger partial charge in [0.25, 0.3) is 11.8 Å². The first-order valence-corrected chi connectivity index (χ1v) is 8.77. The van der Waals surface area contributed by atoms with Crippen LogP contribution in [-0.2, 0) is 4.79 Å². The average Bonchev–Trinajstić information content (AvgIpc) is 2.63. The summed E-state index contributed by atoms with van der Waals surface area (Å²) in [7, 11) is 3.97. The van der Waals surface area contributed by atoms with E-state index in [9.17, 15) is 14.0 Å². The van der Waals surface area contributed by atoms with Crippen LogP contribution in [0, 0.1) is 12.7 Å². The van der Waals surface area contributed by atoms with Gasteiger partial charge in [-0.05, 0) is 42.8 Å². The zero-order chi connectivity index (χ0) is 19.8. The van der Waals surface area contributed by atoms with Crippen LogP contribution in [-0.4, -0.2) is 39.0 Å². The largest absolute Gasteiger partial charge is 0.345 e. The Labute approximate surface area is 158 Å². The van der Waals surface area contributed by atoms with Crippen LogP contribution in [0.5, 0.6) is 0 Å². The number of nitrogens with one attached hydrogen (secondary N) is 3. The lowest BCUT2D eigenvalue weighted by Gasteiger charge is -2.12. The summed E-state index contributed by atoms with van der Waals surface area (Å²) in [6, 6.07) is 12.8. The Balaban J connectivity index is 2.20. The van der Waals surface area contributed by atoms with Crippen LogP contribution in [0.25, 0.3) is 6.08 Å². The highest BCUT2D eigenvalue weighted by atomic mass is 19.1. The first-order valence-electron chi connectivity index (χ1n) is 8.77. The molecular weight excluding hydrogens is 345 g/mol. The second-order valence-electron chi connectivity index (χ2n) is 6.64. The Bertz CT molecular complexity index is 812. The monoisotopic (exact) mass is 370 g/mol. The normalized spacial score (nSPS) is 11.4. The Hall–Kier alpha value is -2.99. The number of carbonyl (C=O) groups excluding carboxylic acids is 2. The first-order chi connectivity index (χ1) is 12.8. The van der Waals surface area contributed by atoms with Gasteiger partial charge in [0.1, 0.15) is 11.5 Å². The van der Waals surface area contributed by atoms with E-state index in [-0.39, 0.29) is 23.3 Å². The van der Waals surface area contributed by atoms with Gasteiger partial charge in [0, 0.05) is 5.56 Å². The first kappa shape index (κ1) is 20.3. The van der Waals surface area contributed by atoms with Gasteiger partial charge in [-0.1, -0.05) is 29.8 Å². The van der Waals surface area contributed by atoms with Crippen molar-refractivity contribution in [3.63, 3.8) is 0 Å². The molecule has 0 spiro atoms. The maximum atomic E-state index is 13.1. The molecule has 2 aromatic rings. The zero-order valence-corrected chi connectivity index (χ0v) is 15.8. The van der Waals surface area contributed by atoms with Gasteiger partial charge in [0.05, 0.1) is 27.2 Å². The van der Waals surface area contributed by atoms with Crippen molar-refractivity contribution in [3.05, 3.63) is 76.7 Å². The van der Waals surface area contributed by atoms with E-state index in [0.29, 0.717) is 17.7 Å². The van der Waals surface area contributed by atoms with Crippen molar-refractivity contribution in [1.82, 2.24) is 10.6 Å². The molecule has 2 amide bonds. The Kier molecular flexibility index (Phi) is 7.25. The molecule has 27 heavy (non-hydrogen) atoms. The molecule has 0 aromatic heterocycles. The quantitative estimate of drug-likeness (QED) is 0.641. The summed E-state index contributed by atoms with van der Waals surface area (Å²) < 4.78 is 13.1. The lowest BCUT2D eigenvalue weighted by atomic mass is 10.1. The SMILES string of the molecule is Cc1ccc(C(=O)N/C(=C/c2ccc(F)cc2)C(=O)NCC[NH+](C)C)cc1. The van der Waals surface area contributed by atoms with E-state index in [4.69, 9.17) is 0 Å². The van der Waals surface area contributed by atoms with Crippen LogP contribution in [0.2, 0.25) is 0 Å². The minimum atomic E-state index is -0.388. The number of likely N-dealkylation sites (N-methyl/N-ethyl adjacent to an activating group) is 1. The maximum absolute atomic E-state index is 13.1. The standard InChI is InChI=1S/C21H24FN3O2/c1-15-4-8-17(9-5-15)20(26)24-19(21(27)23-12-13-25(2)3)14-16-6-10-18(22)11-7-16/h4-11,14H,12-13H2,1-3H3,(H,23,27)(H,24,26)/p+1/b19-14+. The highest BCUT2D eigenvalue weighted by molar-refractivity contribution is 6.05. The predicted octanol–water partition coefficient (Wildman–Crippen LogP) is 1.17. The molecule has 3 N–H and O–H groups in total. The topological polar surface area (TPSA) is 62.6 Å². The summed E-state index contributed by atoms with van der Waals surface area (Å²) in [6.45, 7) is 3.16. The van der Waals surface area contributed by atoms with Gasteiger partial charge in [-0.3, -0.25) is 9.59 Å². The highest BCUT2D eigenvalue weighted by Gasteiger charge is 2.15. The molecule has 0 fully saturated rings.